The molecule has 0 amide bonds. The van der Waals surface area contributed by atoms with Gasteiger partial charge in [0.05, 0.1) is 22.4 Å². The maximum absolute atomic E-state index is 5.01. The Morgan fingerprint density at radius 1 is 1.15 bits per heavy atom. The van der Waals surface area contributed by atoms with Gasteiger partial charge in [0.25, 0.3) is 0 Å². The first-order chi connectivity index (χ1) is 9.66. The lowest BCUT2D eigenvalue weighted by Crippen LogP contribution is -2.40. The molecule has 2 aliphatic carbocycles. The number of hydrogen-bond donors (Lipinski definition) is 0. The van der Waals surface area contributed by atoms with E-state index < -0.39 is 0 Å². The van der Waals surface area contributed by atoms with Gasteiger partial charge >= 0.3 is 0 Å². The van der Waals surface area contributed by atoms with Crippen LogP contribution in [0, 0.1) is 5.41 Å². The van der Waals surface area contributed by atoms with Crippen molar-refractivity contribution in [1.82, 2.24) is 9.97 Å². The summed E-state index contributed by atoms with van der Waals surface area (Å²) in [5.41, 5.74) is 4.89. The minimum absolute atomic E-state index is 0.132. The fourth-order valence-electron chi connectivity index (χ4n) is 4.27. The van der Waals surface area contributed by atoms with Crippen LogP contribution in [0.5, 0.6) is 0 Å². The first kappa shape index (κ1) is 13.2. The van der Waals surface area contributed by atoms with E-state index in [1.165, 1.54) is 24.2 Å². The van der Waals surface area contributed by atoms with Crippen LogP contribution in [0.15, 0.2) is 24.3 Å². The highest BCUT2D eigenvalue weighted by Crippen LogP contribution is 2.68. The molecule has 20 heavy (non-hydrogen) atoms. The van der Waals surface area contributed by atoms with Crippen LogP contribution in [0.1, 0.15) is 37.1 Å². The van der Waals surface area contributed by atoms with E-state index in [2.05, 4.69) is 50.9 Å². The summed E-state index contributed by atoms with van der Waals surface area (Å²) in [6.45, 7) is 2.40. The van der Waals surface area contributed by atoms with Gasteiger partial charge in [-0.05, 0) is 30.4 Å². The van der Waals surface area contributed by atoms with Gasteiger partial charge in [0.2, 0.25) is 0 Å². The summed E-state index contributed by atoms with van der Waals surface area (Å²) in [7, 11) is 0. The summed E-state index contributed by atoms with van der Waals surface area (Å²) < 4.78 is 0. The van der Waals surface area contributed by atoms with Crippen molar-refractivity contribution in [3.8, 4) is 0 Å². The molecule has 4 rings (SSSR count). The fourth-order valence-corrected chi connectivity index (χ4v) is 6.38. The Morgan fingerprint density at radius 3 is 2.50 bits per heavy atom. The highest BCUT2D eigenvalue weighted by molar-refractivity contribution is 9.09. The number of para-hydroxylation sites is 2. The van der Waals surface area contributed by atoms with Crippen LogP contribution in [0.4, 0.5) is 0 Å². The molecule has 1 saturated carbocycles. The van der Waals surface area contributed by atoms with E-state index in [9.17, 15) is 0 Å². The van der Waals surface area contributed by atoms with E-state index >= 15 is 0 Å². The molecule has 3 atom stereocenters. The Morgan fingerprint density at radius 2 is 1.85 bits per heavy atom. The zero-order valence-electron chi connectivity index (χ0n) is 11.4. The van der Waals surface area contributed by atoms with Crippen LogP contribution in [-0.2, 0) is 5.41 Å². The lowest BCUT2D eigenvalue weighted by Gasteiger charge is -2.38. The molecule has 2 aromatic rings. The third-order valence-corrected chi connectivity index (χ3v) is 7.73. The zero-order valence-corrected chi connectivity index (χ0v) is 14.5. The molecule has 1 heterocycles. The second-order valence-corrected chi connectivity index (χ2v) is 7.43. The van der Waals surface area contributed by atoms with Crippen molar-refractivity contribution in [1.29, 1.82) is 0 Å². The van der Waals surface area contributed by atoms with Crippen molar-refractivity contribution >= 4 is 42.9 Å². The predicted octanol–water partition coefficient (Wildman–Crippen LogP) is 4.55. The van der Waals surface area contributed by atoms with E-state index in [0.29, 0.717) is 5.92 Å². The van der Waals surface area contributed by atoms with Gasteiger partial charge in [0.1, 0.15) is 0 Å². The second kappa shape index (κ2) is 4.26. The van der Waals surface area contributed by atoms with Gasteiger partial charge in [-0.1, -0.05) is 50.9 Å². The largest absolute Gasteiger partial charge is 0.249 e. The number of rotatable bonds is 2. The molecule has 0 aliphatic heterocycles. The molecule has 104 valence electrons. The normalized spacial score (nSPS) is 34.6. The van der Waals surface area contributed by atoms with Crippen LogP contribution in [0.3, 0.4) is 0 Å². The number of nitrogens with zero attached hydrogens (tertiary/aromatic N) is 2. The summed E-state index contributed by atoms with van der Waals surface area (Å²) in [6, 6.07) is 8.23. The van der Waals surface area contributed by atoms with Crippen molar-refractivity contribution in [3.05, 3.63) is 35.7 Å². The van der Waals surface area contributed by atoms with Gasteiger partial charge in [0, 0.05) is 22.0 Å². The minimum atomic E-state index is 0.132. The van der Waals surface area contributed by atoms with Crippen LogP contribution >= 0.6 is 31.9 Å². The second-order valence-electron chi connectivity index (χ2n) is 6.30. The SMILES string of the molecule is C[C@@]1(CBr)[C@H]2CC[C@]1(CBr)c1nc3ccccc3nc12. The highest BCUT2D eigenvalue weighted by atomic mass is 79.9. The van der Waals surface area contributed by atoms with Crippen LogP contribution < -0.4 is 0 Å². The van der Waals surface area contributed by atoms with E-state index in [-0.39, 0.29) is 10.8 Å². The third kappa shape index (κ3) is 1.35. The smallest absolute Gasteiger partial charge is 0.0890 e. The molecular formula is C16H16Br2N2. The van der Waals surface area contributed by atoms with Crippen LogP contribution in [0.2, 0.25) is 0 Å². The van der Waals surface area contributed by atoms with E-state index in [0.717, 1.165) is 21.7 Å². The molecule has 2 bridgehead atoms. The Balaban J connectivity index is 2.05. The standard InChI is InChI=1S/C16H16Br2N2/c1-15(8-17)10-6-7-16(15,9-18)14-13(10)19-11-4-2-3-5-12(11)20-14/h2-5,10H,6-9H2,1H3/t10-,15+,16-/m0/s1. The Labute approximate surface area is 135 Å². The molecule has 0 N–H and O–H groups in total. The lowest BCUT2D eigenvalue weighted by molar-refractivity contribution is 0.243. The van der Waals surface area contributed by atoms with Crippen molar-refractivity contribution in [2.75, 3.05) is 10.7 Å². The third-order valence-electron chi connectivity index (χ3n) is 5.61. The summed E-state index contributed by atoms with van der Waals surface area (Å²) in [6.07, 6.45) is 2.44. The molecule has 1 fully saturated rings. The number of halogens is 2. The van der Waals surface area contributed by atoms with Gasteiger partial charge in [-0.2, -0.15) is 0 Å². The predicted molar refractivity (Wildman–Crippen MR) is 88.9 cm³/mol. The number of benzene rings is 1. The molecule has 1 aromatic heterocycles. The fraction of sp³-hybridized carbons (Fsp3) is 0.500. The first-order valence-corrected chi connectivity index (χ1v) is 9.30. The molecule has 0 saturated heterocycles. The maximum atomic E-state index is 5.01. The Kier molecular flexibility index (Phi) is 2.81. The molecule has 2 nitrogen and oxygen atoms in total. The maximum Gasteiger partial charge on any atom is 0.0890 e. The van der Waals surface area contributed by atoms with E-state index in [4.69, 9.17) is 9.97 Å². The number of fused-ring (bicyclic) bond motifs is 6. The molecule has 0 spiro atoms. The van der Waals surface area contributed by atoms with Crippen LogP contribution in [0.25, 0.3) is 11.0 Å². The van der Waals surface area contributed by atoms with Crippen molar-refractivity contribution in [2.24, 2.45) is 5.41 Å². The van der Waals surface area contributed by atoms with Gasteiger partial charge < -0.3 is 0 Å². The molecule has 2 aliphatic rings. The summed E-state index contributed by atoms with van der Waals surface area (Å²) in [5, 5.41) is 1.98. The average Bonchev–Trinajstić information content (AvgIpc) is 2.90. The monoisotopic (exact) mass is 394 g/mol. The zero-order chi connectivity index (χ0) is 14.0. The topological polar surface area (TPSA) is 25.8 Å². The molecule has 4 heteroatoms. The average molecular weight is 396 g/mol. The van der Waals surface area contributed by atoms with Crippen molar-refractivity contribution in [2.45, 2.75) is 31.1 Å². The number of hydrogen-bond acceptors (Lipinski definition) is 2. The summed E-state index contributed by atoms with van der Waals surface area (Å²) in [5.74, 6) is 0.534. The number of aromatic nitrogens is 2. The quantitative estimate of drug-likeness (QED) is 0.696. The summed E-state index contributed by atoms with van der Waals surface area (Å²) in [4.78, 5) is 9.98. The van der Waals surface area contributed by atoms with Crippen molar-refractivity contribution in [3.63, 3.8) is 0 Å². The number of alkyl halides is 2. The first-order valence-electron chi connectivity index (χ1n) is 7.05. The van der Waals surface area contributed by atoms with E-state index in [1.54, 1.807) is 0 Å². The minimum Gasteiger partial charge on any atom is -0.249 e. The Hall–Kier alpha value is -0.480. The van der Waals surface area contributed by atoms with Gasteiger partial charge in [-0.25, -0.2) is 9.97 Å². The molecular weight excluding hydrogens is 380 g/mol. The summed E-state index contributed by atoms with van der Waals surface area (Å²) >= 11 is 7.55. The Bertz CT molecular complexity index is 702. The van der Waals surface area contributed by atoms with Crippen molar-refractivity contribution < 1.29 is 0 Å². The lowest BCUT2D eigenvalue weighted by atomic mass is 9.70. The molecule has 0 unspecified atom stereocenters. The van der Waals surface area contributed by atoms with Gasteiger partial charge in [0.15, 0.2) is 0 Å². The van der Waals surface area contributed by atoms with Gasteiger partial charge in [-0.3, -0.25) is 0 Å². The van der Waals surface area contributed by atoms with Crippen LogP contribution in [-0.4, -0.2) is 20.6 Å². The van der Waals surface area contributed by atoms with E-state index in [1.807, 2.05) is 12.1 Å². The molecule has 0 radical (unpaired) electrons. The molecule has 1 aromatic carbocycles. The highest BCUT2D eigenvalue weighted by Gasteiger charge is 2.65. The van der Waals surface area contributed by atoms with Gasteiger partial charge in [-0.15, -0.1) is 0 Å².